The van der Waals surface area contributed by atoms with Crippen molar-refractivity contribution in [3.8, 4) is 0 Å². The summed E-state index contributed by atoms with van der Waals surface area (Å²) < 4.78 is 4.98. The van der Waals surface area contributed by atoms with Crippen LogP contribution in [0.1, 0.15) is 41.0 Å². The maximum atomic E-state index is 6.94. The van der Waals surface area contributed by atoms with Crippen LogP contribution < -0.4 is 0 Å². The highest BCUT2D eigenvalue weighted by molar-refractivity contribution is 5.69. The molecule has 0 amide bonds. The number of hydrogen-bond acceptors (Lipinski definition) is 2. The lowest BCUT2D eigenvalue weighted by Gasteiger charge is -2.08. The third-order valence-corrected chi connectivity index (χ3v) is 1.28. The molecule has 68 valence electrons. The van der Waals surface area contributed by atoms with Gasteiger partial charge in [0, 0.05) is 6.92 Å². The van der Waals surface area contributed by atoms with Crippen LogP contribution in [0.3, 0.4) is 0 Å². The summed E-state index contributed by atoms with van der Waals surface area (Å²) in [5, 5.41) is 6.94. The van der Waals surface area contributed by atoms with Crippen LogP contribution in [0.2, 0.25) is 0 Å². The molecule has 2 nitrogen and oxygen atoms in total. The molecule has 1 atom stereocenters. The molecule has 0 aliphatic rings. The van der Waals surface area contributed by atoms with Gasteiger partial charge < -0.3 is 4.74 Å². The Bertz CT molecular complexity index is 91.6. The van der Waals surface area contributed by atoms with Crippen LogP contribution in [-0.2, 0) is 4.74 Å². The molecule has 2 heteroatoms. The molecule has 0 spiro atoms. The summed E-state index contributed by atoms with van der Waals surface area (Å²) in [6, 6.07) is 0. The fourth-order valence-corrected chi connectivity index (χ4v) is 0.385. The van der Waals surface area contributed by atoms with Crippen molar-refractivity contribution in [2.75, 3.05) is 6.61 Å². The minimum atomic E-state index is 0.315. The van der Waals surface area contributed by atoms with E-state index in [1.807, 2.05) is 13.8 Å². The molecule has 1 N–H and O–H groups in total. The highest BCUT2D eigenvalue weighted by Crippen LogP contribution is 1.99. The highest BCUT2D eigenvalue weighted by Gasteiger charge is 1.97. The van der Waals surface area contributed by atoms with E-state index >= 15 is 0 Å². The molecule has 0 aromatic heterocycles. The van der Waals surface area contributed by atoms with Crippen molar-refractivity contribution in [2.24, 2.45) is 5.92 Å². The summed E-state index contributed by atoms with van der Waals surface area (Å²) in [7, 11) is 0. The van der Waals surface area contributed by atoms with Crippen LogP contribution in [0.15, 0.2) is 0 Å². The van der Waals surface area contributed by atoms with Crippen LogP contribution in [0.25, 0.3) is 0 Å². The fraction of sp³-hybridized carbons (Fsp3) is 0.889. The number of nitrogens with one attached hydrogen (secondary N) is 1. The molecule has 0 radical (unpaired) electrons. The van der Waals surface area contributed by atoms with Crippen LogP contribution in [0, 0.1) is 11.3 Å². The van der Waals surface area contributed by atoms with E-state index in [4.69, 9.17) is 10.1 Å². The van der Waals surface area contributed by atoms with Crippen LogP contribution in [0.4, 0.5) is 0 Å². The van der Waals surface area contributed by atoms with E-state index in [0.29, 0.717) is 18.4 Å². The molecular weight excluding hydrogens is 138 g/mol. The van der Waals surface area contributed by atoms with Gasteiger partial charge in [0.25, 0.3) is 0 Å². The third kappa shape index (κ3) is 12.6. The number of rotatable bonds is 3. The average Bonchev–Trinajstić information content (AvgIpc) is 2.04. The summed E-state index contributed by atoms with van der Waals surface area (Å²) >= 11 is 0. The first kappa shape index (κ1) is 13.1. The molecule has 0 bridgehead atoms. The Morgan fingerprint density at radius 1 is 1.45 bits per heavy atom. The Morgan fingerprint density at radius 2 is 1.91 bits per heavy atom. The van der Waals surface area contributed by atoms with Crippen molar-refractivity contribution < 1.29 is 4.74 Å². The Hall–Kier alpha value is -0.530. The minimum absolute atomic E-state index is 0.315. The van der Waals surface area contributed by atoms with E-state index in [1.54, 1.807) is 6.92 Å². The summed E-state index contributed by atoms with van der Waals surface area (Å²) in [5.41, 5.74) is 0. The Labute approximate surface area is 70.5 Å². The summed E-state index contributed by atoms with van der Waals surface area (Å²) in [4.78, 5) is 0. The predicted molar refractivity (Wildman–Crippen MR) is 50.2 cm³/mol. The lowest BCUT2D eigenvalue weighted by molar-refractivity contribution is 0.241. The van der Waals surface area contributed by atoms with Gasteiger partial charge in [-0.25, -0.2) is 0 Å². The van der Waals surface area contributed by atoms with E-state index in [9.17, 15) is 0 Å². The Morgan fingerprint density at radius 3 is 2.18 bits per heavy atom. The van der Waals surface area contributed by atoms with Crippen molar-refractivity contribution in [3.05, 3.63) is 0 Å². The van der Waals surface area contributed by atoms with Crippen molar-refractivity contribution in [3.63, 3.8) is 0 Å². The van der Waals surface area contributed by atoms with Gasteiger partial charge in [-0.15, -0.1) is 0 Å². The van der Waals surface area contributed by atoms with Gasteiger partial charge in [-0.1, -0.05) is 34.1 Å². The first-order valence-electron chi connectivity index (χ1n) is 4.34. The maximum absolute atomic E-state index is 6.94. The van der Waals surface area contributed by atoms with Gasteiger partial charge in [0.2, 0.25) is 0 Å². The molecule has 0 fully saturated rings. The third-order valence-electron chi connectivity index (χ3n) is 1.28. The largest absolute Gasteiger partial charge is 0.481 e. The molecule has 0 saturated carbocycles. The van der Waals surface area contributed by atoms with Crippen LogP contribution >= 0.6 is 0 Å². The van der Waals surface area contributed by atoms with Crippen LogP contribution in [0.5, 0.6) is 0 Å². The Kier molecular flexibility index (Phi) is 11.3. The zero-order chi connectivity index (χ0) is 9.28. The van der Waals surface area contributed by atoms with Gasteiger partial charge in [-0.2, -0.15) is 0 Å². The minimum Gasteiger partial charge on any atom is -0.481 e. The van der Waals surface area contributed by atoms with E-state index < -0.39 is 0 Å². The molecule has 0 aromatic carbocycles. The molecule has 0 aliphatic heterocycles. The molecular formula is C9H21NO. The van der Waals surface area contributed by atoms with E-state index in [-0.39, 0.29) is 0 Å². The fourth-order valence-electron chi connectivity index (χ4n) is 0.385. The second-order valence-electron chi connectivity index (χ2n) is 2.38. The maximum Gasteiger partial charge on any atom is 0.177 e. The van der Waals surface area contributed by atoms with Crippen molar-refractivity contribution in [1.82, 2.24) is 0 Å². The number of ether oxygens (including phenoxy) is 1. The topological polar surface area (TPSA) is 33.1 Å². The van der Waals surface area contributed by atoms with Gasteiger partial charge in [-0.05, 0) is 5.92 Å². The van der Waals surface area contributed by atoms with E-state index in [2.05, 4.69) is 13.8 Å². The zero-order valence-electron chi connectivity index (χ0n) is 8.40. The first-order chi connectivity index (χ1) is 5.16. The van der Waals surface area contributed by atoms with Gasteiger partial charge in [0.1, 0.15) is 0 Å². The molecule has 11 heavy (non-hydrogen) atoms. The van der Waals surface area contributed by atoms with Gasteiger partial charge in [-0.3, -0.25) is 5.41 Å². The molecule has 0 aliphatic carbocycles. The highest BCUT2D eigenvalue weighted by atomic mass is 16.5. The quantitative estimate of drug-likeness (QED) is 0.498. The van der Waals surface area contributed by atoms with E-state index in [0.717, 1.165) is 6.42 Å². The average molecular weight is 159 g/mol. The molecule has 0 aromatic rings. The summed E-state index contributed by atoms with van der Waals surface area (Å²) in [6.07, 6.45) is 1.12. The van der Waals surface area contributed by atoms with Gasteiger partial charge >= 0.3 is 0 Å². The zero-order valence-corrected chi connectivity index (χ0v) is 8.40. The Balaban J connectivity index is 0. The van der Waals surface area contributed by atoms with Gasteiger partial charge in [0.15, 0.2) is 5.90 Å². The summed E-state index contributed by atoms with van der Waals surface area (Å²) in [6.45, 7) is 10.6. The normalized spacial score (nSPS) is 11.0. The second kappa shape index (κ2) is 9.47. The lowest BCUT2D eigenvalue weighted by atomic mass is 10.1. The van der Waals surface area contributed by atoms with Crippen molar-refractivity contribution in [1.29, 1.82) is 5.41 Å². The molecule has 0 heterocycles. The SMILES string of the molecule is CC.CCC(C)COC(C)=N. The van der Waals surface area contributed by atoms with E-state index in [1.165, 1.54) is 0 Å². The van der Waals surface area contributed by atoms with Crippen molar-refractivity contribution in [2.45, 2.75) is 41.0 Å². The molecule has 0 saturated heterocycles. The first-order valence-corrected chi connectivity index (χ1v) is 4.34. The van der Waals surface area contributed by atoms with Crippen molar-refractivity contribution >= 4 is 5.90 Å². The van der Waals surface area contributed by atoms with Crippen LogP contribution in [-0.4, -0.2) is 12.5 Å². The molecule has 0 rings (SSSR count). The lowest BCUT2D eigenvalue weighted by Crippen LogP contribution is -2.07. The molecule has 1 unspecified atom stereocenters. The second-order valence-corrected chi connectivity index (χ2v) is 2.38. The standard InChI is InChI=1S/C7H15NO.C2H6/c1-4-6(2)5-9-7(3)8;1-2/h6,8H,4-5H2,1-3H3;1-2H3. The van der Waals surface area contributed by atoms with Gasteiger partial charge in [0.05, 0.1) is 6.61 Å². The monoisotopic (exact) mass is 159 g/mol. The summed E-state index contributed by atoms with van der Waals surface area (Å²) in [5.74, 6) is 0.889. The predicted octanol–water partition coefficient (Wildman–Crippen LogP) is 3.07. The number of hydrogen-bond donors (Lipinski definition) is 1. The smallest absolute Gasteiger partial charge is 0.177 e.